The number of nitrogens with two attached hydrogens (primary N) is 1. The summed E-state index contributed by atoms with van der Waals surface area (Å²) in [7, 11) is 0. The molecule has 0 unspecified atom stereocenters. The number of nitrogens with zero attached hydrogens (tertiary/aromatic N) is 1. The number of rotatable bonds is 3. The molecular formula is C12H15Cl2N3O. The van der Waals surface area contributed by atoms with Crippen molar-refractivity contribution in [3.8, 4) is 0 Å². The third-order valence-corrected chi connectivity index (χ3v) is 3.43. The van der Waals surface area contributed by atoms with Gasteiger partial charge in [-0.3, -0.25) is 9.69 Å². The van der Waals surface area contributed by atoms with Gasteiger partial charge in [0.1, 0.15) is 0 Å². The van der Waals surface area contributed by atoms with Crippen LogP contribution in [0.2, 0.25) is 10.0 Å². The summed E-state index contributed by atoms with van der Waals surface area (Å²) < 4.78 is 0. The Kier molecular flexibility index (Phi) is 4.32. The number of nitrogen functional groups attached to an aromatic ring is 1. The number of hydrogen-bond acceptors (Lipinski definition) is 3. The van der Waals surface area contributed by atoms with E-state index in [4.69, 9.17) is 28.9 Å². The van der Waals surface area contributed by atoms with Crippen molar-refractivity contribution in [2.24, 2.45) is 0 Å². The summed E-state index contributed by atoms with van der Waals surface area (Å²) in [5.41, 5.74) is 6.59. The lowest BCUT2D eigenvalue weighted by Gasteiger charge is -2.15. The zero-order chi connectivity index (χ0) is 13.1. The molecule has 0 atom stereocenters. The van der Waals surface area contributed by atoms with Gasteiger partial charge >= 0.3 is 0 Å². The number of carbonyl (C=O) groups excluding carboxylic acids is 1. The highest BCUT2D eigenvalue weighted by Crippen LogP contribution is 2.31. The Morgan fingerprint density at radius 2 is 2.00 bits per heavy atom. The molecular weight excluding hydrogens is 273 g/mol. The number of likely N-dealkylation sites (tertiary alicyclic amines) is 1. The van der Waals surface area contributed by atoms with E-state index < -0.39 is 0 Å². The second-order valence-electron chi connectivity index (χ2n) is 4.38. The normalized spacial score (nSPS) is 15.9. The first-order valence-corrected chi connectivity index (χ1v) is 6.58. The quantitative estimate of drug-likeness (QED) is 0.841. The van der Waals surface area contributed by atoms with Crippen LogP contribution in [0.15, 0.2) is 12.1 Å². The van der Waals surface area contributed by atoms with Gasteiger partial charge in [0.25, 0.3) is 0 Å². The first kappa shape index (κ1) is 13.5. The molecule has 1 aromatic carbocycles. The Labute approximate surface area is 116 Å². The predicted molar refractivity (Wildman–Crippen MR) is 75.2 cm³/mol. The van der Waals surface area contributed by atoms with E-state index in [1.165, 1.54) is 0 Å². The SMILES string of the molecule is Nc1cc(Cl)cc(Cl)c1NC(=O)CN1CCCC1. The summed E-state index contributed by atoms with van der Waals surface area (Å²) in [5.74, 6) is -0.104. The van der Waals surface area contributed by atoms with Gasteiger partial charge in [-0.1, -0.05) is 23.2 Å². The Hall–Kier alpha value is -0.970. The van der Waals surface area contributed by atoms with Gasteiger partial charge in [-0.2, -0.15) is 0 Å². The average molecular weight is 288 g/mol. The summed E-state index contributed by atoms with van der Waals surface area (Å²) in [6.45, 7) is 2.31. The summed E-state index contributed by atoms with van der Waals surface area (Å²) >= 11 is 11.8. The predicted octanol–water partition coefficient (Wildman–Crippen LogP) is 2.61. The van der Waals surface area contributed by atoms with Gasteiger partial charge in [0.2, 0.25) is 5.91 Å². The van der Waals surface area contributed by atoms with Gasteiger partial charge in [-0.05, 0) is 38.1 Å². The van der Waals surface area contributed by atoms with Crippen molar-refractivity contribution < 1.29 is 4.79 Å². The molecule has 1 saturated heterocycles. The lowest BCUT2D eigenvalue weighted by atomic mass is 10.2. The molecule has 1 fully saturated rings. The van der Waals surface area contributed by atoms with Crippen molar-refractivity contribution >= 4 is 40.5 Å². The Bertz CT molecular complexity index is 436. The minimum atomic E-state index is -0.104. The van der Waals surface area contributed by atoms with Gasteiger partial charge in [-0.25, -0.2) is 0 Å². The van der Waals surface area contributed by atoms with E-state index in [0.717, 1.165) is 25.9 Å². The van der Waals surface area contributed by atoms with E-state index in [2.05, 4.69) is 10.2 Å². The monoisotopic (exact) mass is 287 g/mol. The maximum absolute atomic E-state index is 11.9. The highest BCUT2D eigenvalue weighted by Gasteiger charge is 2.16. The average Bonchev–Trinajstić information content (AvgIpc) is 2.76. The number of amides is 1. The lowest BCUT2D eigenvalue weighted by molar-refractivity contribution is -0.117. The molecule has 1 aromatic rings. The molecule has 98 valence electrons. The minimum Gasteiger partial charge on any atom is -0.397 e. The van der Waals surface area contributed by atoms with Crippen molar-refractivity contribution in [3.05, 3.63) is 22.2 Å². The number of nitrogens with one attached hydrogen (secondary N) is 1. The molecule has 2 rings (SSSR count). The molecule has 1 aliphatic heterocycles. The molecule has 18 heavy (non-hydrogen) atoms. The smallest absolute Gasteiger partial charge is 0.238 e. The molecule has 0 bridgehead atoms. The van der Waals surface area contributed by atoms with Crippen LogP contribution in [0.5, 0.6) is 0 Å². The van der Waals surface area contributed by atoms with Crippen molar-refractivity contribution in [3.63, 3.8) is 0 Å². The number of benzene rings is 1. The summed E-state index contributed by atoms with van der Waals surface area (Å²) in [6, 6.07) is 3.13. The van der Waals surface area contributed by atoms with Crippen LogP contribution >= 0.6 is 23.2 Å². The van der Waals surface area contributed by atoms with Crippen LogP contribution in [0.25, 0.3) is 0 Å². The molecule has 1 amide bonds. The molecule has 0 aliphatic carbocycles. The molecule has 0 spiro atoms. The second-order valence-corrected chi connectivity index (χ2v) is 5.23. The van der Waals surface area contributed by atoms with E-state index in [-0.39, 0.29) is 5.91 Å². The van der Waals surface area contributed by atoms with Crippen molar-refractivity contribution in [2.45, 2.75) is 12.8 Å². The molecule has 3 N–H and O–H groups in total. The van der Waals surface area contributed by atoms with Crippen LogP contribution in [-0.4, -0.2) is 30.4 Å². The molecule has 1 heterocycles. The van der Waals surface area contributed by atoms with E-state index in [1.54, 1.807) is 12.1 Å². The van der Waals surface area contributed by atoms with Crippen LogP contribution < -0.4 is 11.1 Å². The number of hydrogen-bond donors (Lipinski definition) is 2. The van der Waals surface area contributed by atoms with E-state index >= 15 is 0 Å². The van der Waals surface area contributed by atoms with Crippen molar-refractivity contribution in [1.82, 2.24) is 4.90 Å². The Balaban J connectivity index is 2.02. The molecule has 4 nitrogen and oxygen atoms in total. The van der Waals surface area contributed by atoms with E-state index in [9.17, 15) is 4.79 Å². The molecule has 6 heteroatoms. The third-order valence-electron chi connectivity index (χ3n) is 2.92. The Morgan fingerprint density at radius 1 is 1.33 bits per heavy atom. The first-order chi connectivity index (χ1) is 8.56. The molecule has 0 saturated carbocycles. The minimum absolute atomic E-state index is 0.104. The van der Waals surface area contributed by atoms with Crippen molar-refractivity contribution in [2.75, 3.05) is 30.7 Å². The fraction of sp³-hybridized carbons (Fsp3) is 0.417. The van der Waals surface area contributed by atoms with E-state index in [0.29, 0.717) is 28.0 Å². The summed E-state index contributed by atoms with van der Waals surface area (Å²) in [5, 5.41) is 3.55. The van der Waals surface area contributed by atoms with Gasteiger partial charge in [0.05, 0.1) is 22.9 Å². The summed E-state index contributed by atoms with van der Waals surface area (Å²) in [6.07, 6.45) is 2.30. The fourth-order valence-corrected chi connectivity index (χ4v) is 2.60. The van der Waals surface area contributed by atoms with Gasteiger partial charge < -0.3 is 11.1 Å². The molecule has 0 aromatic heterocycles. The van der Waals surface area contributed by atoms with E-state index in [1.807, 2.05) is 0 Å². The standard InChI is InChI=1S/C12H15Cl2N3O/c13-8-5-9(14)12(10(15)6-8)16-11(18)7-17-3-1-2-4-17/h5-6H,1-4,7,15H2,(H,16,18). The number of anilines is 2. The van der Waals surface area contributed by atoms with Crippen LogP contribution in [0.3, 0.4) is 0 Å². The zero-order valence-corrected chi connectivity index (χ0v) is 11.4. The molecule has 1 aliphatic rings. The third kappa shape index (κ3) is 3.28. The van der Waals surface area contributed by atoms with Crippen molar-refractivity contribution in [1.29, 1.82) is 0 Å². The second kappa shape index (κ2) is 5.78. The van der Waals surface area contributed by atoms with Gasteiger partial charge in [0.15, 0.2) is 0 Å². The maximum Gasteiger partial charge on any atom is 0.238 e. The first-order valence-electron chi connectivity index (χ1n) is 5.83. The highest BCUT2D eigenvalue weighted by atomic mass is 35.5. The fourth-order valence-electron chi connectivity index (χ4n) is 2.05. The van der Waals surface area contributed by atoms with Crippen LogP contribution in [0, 0.1) is 0 Å². The summed E-state index contributed by atoms with van der Waals surface area (Å²) in [4.78, 5) is 14.0. The highest BCUT2D eigenvalue weighted by molar-refractivity contribution is 6.37. The van der Waals surface area contributed by atoms with Crippen LogP contribution in [0.1, 0.15) is 12.8 Å². The van der Waals surface area contributed by atoms with Crippen LogP contribution in [-0.2, 0) is 4.79 Å². The Morgan fingerprint density at radius 3 is 2.61 bits per heavy atom. The van der Waals surface area contributed by atoms with Crippen LogP contribution in [0.4, 0.5) is 11.4 Å². The lowest BCUT2D eigenvalue weighted by Crippen LogP contribution is -2.31. The number of halogens is 2. The largest absolute Gasteiger partial charge is 0.397 e. The number of carbonyl (C=O) groups is 1. The van der Waals surface area contributed by atoms with Gasteiger partial charge in [0, 0.05) is 5.02 Å². The molecule has 0 radical (unpaired) electrons. The topological polar surface area (TPSA) is 58.4 Å². The zero-order valence-electron chi connectivity index (χ0n) is 9.88. The van der Waals surface area contributed by atoms with Gasteiger partial charge in [-0.15, -0.1) is 0 Å². The maximum atomic E-state index is 11.9.